The summed E-state index contributed by atoms with van der Waals surface area (Å²) in [6, 6.07) is 14.3. The third-order valence-corrected chi connectivity index (χ3v) is 5.72. The van der Waals surface area contributed by atoms with Crippen molar-refractivity contribution in [1.82, 2.24) is 9.47 Å². The van der Waals surface area contributed by atoms with E-state index >= 15 is 0 Å². The van der Waals surface area contributed by atoms with Gasteiger partial charge < -0.3 is 14.6 Å². The van der Waals surface area contributed by atoms with Gasteiger partial charge in [-0.05, 0) is 60.0 Å². The Hall–Kier alpha value is -3.12. The molecule has 3 aromatic rings. The Bertz CT molecular complexity index is 1090. The number of carbonyl (C=O) groups excluding carboxylic acids is 1. The van der Waals surface area contributed by atoms with E-state index in [0.717, 1.165) is 47.6 Å². The average Bonchev–Trinajstić information content (AvgIpc) is 3.05. The number of halogens is 1. The number of anilines is 1. The fourth-order valence-electron chi connectivity index (χ4n) is 4.09. The van der Waals surface area contributed by atoms with E-state index in [9.17, 15) is 9.18 Å². The van der Waals surface area contributed by atoms with Crippen LogP contribution in [0, 0.1) is 12.7 Å². The first-order valence-electron chi connectivity index (χ1n) is 10.0. The summed E-state index contributed by atoms with van der Waals surface area (Å²) in [6.07, 6.45) is 0.857. The zero-order valence-corrected chi connectivity index (χ0v) is 17.5. The Labute approximate surface area is 176 Å². The van der Waals surface area contributed by atoms with Crippen LogP contribution in [0.4, 0.5) is 10.1 Å². The van der Waals surface area contributed by atoms with Crippen molar-refractivity contribution >= 4 is 11.6 Å². The molecule has 0 saturated carbocycles. The third-order valence-electron chi connectivity index (χ3n) is 5.72. The topological polar surface area (TPSA) is 46.5 Å². The summed E-state index contributed by atoms with van der Waals surface area (Å²) in [6.45, 7) is 4.26. The minimum atomic E-state index is -0.210. The van der Waals surface area contributed by atoms with E-state index in [1.165, 1.54) is 11.8 Å². The lowest BCUT2D eigenvalue weighted by atomic mass is 10.1. The molecule has 0 aliphatic carbocycles. The summed E-state index contributed by atoms with van der Waals surface area (Å²) < 4.78 is 20.7. The predicted molar refractivity (Wildman–Crippen MR) is 115 cm³/mol. The number of aromatic nitrogens is 1. The summed E-state index contributed by atoms with van der Waals surface area (Å²) in [4.78, 5) is 15.2. The maximum Gasteiger partial charge on any atom is 0.272 e. The molecule has 0 saturated heterocycles. The predicted octanol–water partition coefficient (Wildman–Crippen LogP) is 4.29. The lowest BCUT2D eigenvalue weighted by molar-refractivity contribution is 0.101. The number of carbonyl (C=O) groups is 1. The van der Waals surface area contributed by atoms with Gasteiger partial charge in [0, 0.05) is 44.5 Å². The monoisotopic (exact) mass is 407 g/mol. The standard InChI is InChI=1S/C24H26FN3O2/c1-16-11-20(30-3)7-8-21(16)26-24(29)23-13-18-15-28(10-9-22(18)27(23)2)14-17-5-4-6-19(25)12-17/h4-8,11-13H,9-10,14-15H2,1-3H3,(H,26,29). The normalized spacial score (nSPS) is 13.7. The average molecular weight is 407 g/mol. The van der Waals surface area contributed by atoms with Crippen LogP contribution in [0.5, 0.6) is 5.75 Å². The molecule has 1 aromatic heterocycles. The van der Waals surface area contributed by atoms with Gasteiger partial charge >= 0.3 is 0 Å². The number of ether oxygens (including phenoxy) is 1. The Kier molecular flexibility index (Phi) is 5.59. The number of aryl methyl sites for hydroxylation is 1. The first-order chi connectivity index (χ1) is 14.4. The fraction of sp³-hybridized carbons (Fsp3) is 0.292. The first kappa shape index (κ1) is 20.2. The Morgan fingerprint density at radius 2 is 2.03 bits per heavy atom. The molecular weight excluding hydrogens is 381 g/mol. The highest BCUT2D eigenvalue weighted by atomic mass is 19.1. The number of nitrogens with zero attached hydrogens (tertiary/aromatic N) is 2. The van der Waals surface area contributed by atoms with E-state index in [0.29, 0.717) is 12.2 Å². The Morgan fingerprint density at radius 3 is 2.77 bits per heavy atom. The van der Waals surface area contributed by atoms with Crippen molar-refractivity contribution in [3.05, 3.63) is 82.4 Å². The first-order valence-corrected chi connectivity index (χ1v) is 10.0. The van der Waals surface area contributed by atoms with Gasteiger partial charge in [-0.25, -0.2) is 4.39 Å². The second-order valence-corrected chi connectivity index (χ2v) is 7.79. The van der Waals surface area contributed by atoms with Crippen LogP contribution in [0.2, 0.25) is 0 Å². The van der Waals surface area contributed by atoms with Crippen molar-refractivity contribution in [3.8, 4) is 5.75 Å². The number of methoxy groups -OCH3 is 1. The zero-order valence-electron chi connectivity index (χ0n) is 17.5. The minimum absolute atomic E-state index is 0.128. The van der Waals surface area contributed by atoms with Gasteiger partial charge in [0.15, 0.2) is 0 Å². The summed E-state index contributed by atoms with van der Waals surface area (Å²) in [5, 5.41) is 3.01. The largest absolute Gasteiger partial charge is 0.497 e. The summed E-state index contributed by atoms with van der Waals surface area (Å²) in [5.41, 5.74) is 5.65. The number of amides is 1. The van der Waals surface area contributed by atoms with Crippen molar-refractivity contribution in [2.24, 2.45) is 7.05 Å². The van der Waals surface area contributed by atoms with Crippen molar-refractivity contribution < 1.29 is 13.9 Å². The molecule has 1 N–H and O–H groups in total. The third kappa shape index (κ3) is 4.09. The second kappa shape index (κ2) is 8.32. The molecule has 0 unspecified atom stereocenters. The van der Waals surface area contributed by atoms with Crippen LogP contribution in [-0.4, -0.2) is 29.0 Å². The number of hydrogen-bond donors (Lipinski definition) is 1. The van der Waals surface area contributed by atoms with E-state index in [1.807, 2.05) is 48.9 Å². The molecular formula is C24H26FN3O2. The van der Waals surface area contributed by atoms with Crippen LogP contribution >= 0.6 is 0 Å². The van der Waals surface area contributed by atoms with Crippen molar-refractivity contribution in [3.63, 3.8) is 0 Å². The van der Waals surface area contributed by atoms with Crippen LogP contribution in [0.3, 0.4) is 0 Å². The van der Waals surface area contributed by atoms with Crippen LogP contribution in [0.15, 0.2) is 48.5 Å². The highest BCUT2D eigenvalue weighted by Crippen LogP contribution is 2.26. The maximum atomic E-state index is 13.5. The molecule has 2 aromatic carbocycles. The maximum absolute atomic E-state index is 13.5. The molecule has 5 nitrogen and oxygen atoms in total. The van der Waals surface area contributed by atoms with Crippen LogP contribution < -0.4 is 10.1 Å². The molecule has 0 spiro atoms. The SMILES string of the molecule is COc1ccc(NC(=O)c2cc3c(n2C)CCN(Cc2cccc(F)c2)C3)c(C)c1. The van der Waals surface area contributed by atoms with Crippen molar-refractivity contribution in [2.45, 2.75) is 26.4 Å². The second-order valence-electron chi connectivity index (χ2n) is 7.79. The number of fused-ring (bicyclic) bond motifs is 1. The number of benzene rings is 2. The number of rotatable bonds is 5. The van der Waals surface area contributed by atoms with Gasteiger partial charge in [0.25, 0.3) is 5.91 Å². The lowest BCUT2D eigenvalue weighted by Gasteiger charge is -2.27. The molecule has 30 heavy (non-hydrogen) atoms. The smallest absolute Gasteiger partial charge is 0.272 e. The highest BCUT2D eigenvalue weighted by molar-refractivity contribution is 6.04. The van der Waals surface area contributed by atoms with E-state index in [2.05, 4.69) is 10.2 Å². The molecule has 0 radical (unpaired) electrons. The molecule has 156 valence electrons. The molecule has 1 aliphatic heterocycles. The van der Waals surface area contributed by atoms with Gasteiger partial charge in [0.1, 0.15) is 17.3 Å². The van der Waals surface area contributed by atoms with Crippen molar-refractivity contribution in [2.75, 3.05) is 19.0 Å². The van der Waals surface area contributed by atoms with Crippen LogP contribution in [-0.2, 0) is 26.6 Å². The number of hydrogen-bond acceptors (Lipinski definition) is 3. The highest BCUT2D eigenvalue weighted by Gasteiger charge is 2.24. The Balaban J connectivity index is 1.49. The van der Waals surface area contributed by atoms with Gasteiger partial charge in [-0.15, -0.1) is 0 Å². The van der Waals surface area contributed by atoms with Crippen LogP contribution in [0.25, 0.3) is 0 Å². The van der Waals surface area contributed by atoms with E-state index in [-0.39, 0.29) is 11.7 Å². The number of nitrogens with one attached hydrogen (secondary N) is 1. The van der Waals surface area contributed by atoms with Crippen LogP contribution in [0.1, 0.15) is 32.9 Å². The van der Waals surface area contributed by atoms with Gasteiger partial charge in [-0.1, -0.05) is 12.1 Å². The summed E-state index contributed by atoms with van der Waals surface area (Å²) >= 11 is 0. The molecule has 1 amide bonds. The molecule has 0 fully saturated rings. The van der Waals surface area contributed by atoms with Gasteiger partial charge in [0.05, 0.1) is 7.11 Å². The lowest BCUT2D eigenvalue weighted by Crippen LogP contribution is -2.30. The molecule has 1 aliphatic rings. The van der Waals surface area contributed by atoms with Crippen molar-refractivity contribution in [1.29, 1.82) is 0 Å². The van der Waals surface area contributed by atoms with Gasteiger partial charge in [-0.2, -0.15) is 0 Å². The molecule has 0 bridgehead atoms. The quantitative estimate of drug-likeness (QED) is 0.686. The molecule has 0 atom stereocenters. The van der Waals surface area contributed by atoms with E-state index in [1.54, 1.807) is 19.2 Å². The molecule has 6 heteroatoms. The molecule has 4 rings (SSSR count). The minimum Gasteiger partial charge on any atom is -0.497 e. The summed E-state index contributed by atoms with van der Waals surface area (Å²) in [5.74, 6) is 0.424. The fourth-order valence-corrected chi connectivity index (χ4v) is 4.09. The Morgan fingerprint density at radius 1 is 1.20 bits per heavy atom. The molecule has 2 heterocycles. The van der Waals surface area contributed by atoms with E-state index < -0.39 is 0 Å². The summed E-state index contributed by atoms with van der Waals surface area (Å²) in [7, 11) is 3.57. The van der Waals surface area contributed by atoms with Gasteiger partial charge in [0.2, 0.25) is 0 Å². The van der Waals surface area contributed by atoms with Gasteiger partial charge in [-0.3, -0.25) is 9.69 Å². The zero-order chi connectivity index (χ0) is 21.3. The van der Waals surface area contributed by atoms with E-state index in [4.69, 9.17) is 4.74 Å².